The Morgan fingerprint density at radius 3 is 2.95 bits per heavy atom. The predicted octanol–water partition coefficient (Wildman–Crippen LogP) is 0.326. The highest BCUT2D eigenvalue weighted by atomic mass is 32.1. The zero-order valence-electron chi connectivity index (χ0n) is 10.7. The normalized spacial score (nSPS) is 22.7. The summed E-state index contributed by atoms with van der Waals surface area (Å²) in [6.45, 7) is 0.724. The van der Waals surface area contributed by atoms with Gasteiger partial charge in [-0.15, -0.1) is 5.10 Å². The lowest BCUT2D eigenvalue weighted by Gasteiger charge is -2.15. The topological polar surface area (TPSA) is 79.6 Å². The van der Waals surface area contributed by atoms with Gasteiger partial charge in [-0.05, 0) is 12.8 Å². The third-order valence-electron chi connectivity index (χ3n) is 3.64. The minimum absolute atomic E-state index is 0.0689. The Morgan fingerprint density at radius 1 is 1.35 bits per heavy atom. The molecule has 8 heteroatoms. The van der Waals surface area contributed by atoms with E-state index in [1.807, 2.05) is 4.90 Å². The highest BCUT2D eigenvalue weighted by Crippen LogP contribution is 2.31. The number of carbonyl (C=O) groups is 1. The van der Waals surface area contributed by atoms with Crippen molar-refractivity contribution >= 4 is 27.3 Å². The van der Waals surface area contributed by atoms with Gasteiger partial charge in [0.2, 0.25) is 16.0 Å². The van der Waals surface area contributed by atoms with Crippen LogP contribution in [0.1, 0.15) is 19.3 Å². The number of rotatable bonds is 3. The summed E-state index contributed by atoms with van der Waals surface area (Å²) >= 11 is 1.32. The van der Waals surface area contributed by atoms with Gasteiger partial charge in [0.05, 0.1) is 6.04 Å². The Kier molecular flexibility index (Phi) is 2.53. The number of hydrogen-bond donors (Lipinski definition) is 1. The largest absolute Gasteiger partial charge is 0.355 e. The molecule has 1 amide bonds. The van der Waals surface area contributed by atoms with Gasteiger partial charge < -0.3 is 10.2 Å². The molecule has 1 atom stereocenters. The lowest BCUT2D eigenvalue weighted by atomic mass is 10.3. The first-order valence-electron chi connectivity index (χ1n) is 6.61. The van der Waals surface area contributed by atoms with Crippen LogP contribution in [0.5, 0.6) is 0 Å². The maximum absolute atomic E-state index is 11.9. The van der Waals surface area contributed by atoms with Crippen molar-refractivity contribution in [2.75, 3.05) is 11.9 Å². The maximum Gasteiger partial charge on any atom is 0.275 e. The van der Waals surface area contributed by atoms with E-state index in [4.69, 9.17) is 0 Å². The van der Waals surface area contributed by atoms with Gasteiger partial charge in [0, 0.05) is 31.3 Å². The van der Waals surface area contributed by atoms with Gasteiger partial charge >= 0.3 is 0 Å². The smallest absolute Gasteiger partial charge is 0.275 e. The third kappa shape index (κ3) is 1.96. The zero-order valence-corrected chi connectivity index (χ0v) is 11.5. The second-order valence-corrected chi connectivity index (χ2v) is 6.16. The SMILES string of the molecule is O=C1CC(Nc2nn3c(=O)ccnc3s2)CN1C1CC1. The van der Waals surface area contributed by atoms with Crippen LogP contribution >= 0.6 is 11.3 Å². The number of hydrogen-bond acceptors (Lipinski definition) is 6. The van der Waals surface area contributed by atoms with Crippen molar-refractivity contribution < 1.29 is 4.79 Å². The molecule has 0 spiro atoms. The summed E-state index contributed by atoms with van der Waals surface area (Å²) in [7, 11) is 0. The Bertz CT molecular complexity index is 735. The average Bonchev–Trinajstić information content (AvgIpc) is 3.07. The molecular formula is C12H13N5O2S. The van der Waals surface area contributed by atoms with Crippen LogP contribution in [0, 0.1) is 0 Å². The molecule has 1 aliphatic heterocycles. The second-order valence-electron chi connectivity index (χ2n) is 5.21. The number of anilines is 1. The minimum atomic E-state index is -0.193. The first-order chi connectivity index (χ1) is 9.70. The molecule has 1 saturated heterocycles. The van der Waals surface area contributed by atoms with Crippen LogP contribution in [0.4, 0.5) is 5.13 Å². The summed E-state index contributed by atoms with van der Waals surface area (Å²) in [5.74, 6) is 0.210. The van der Waals surface area contributed by atoms with E-state index >= 15 is 0 Å². The van der Waals surface area contributed by atoms with E-state index in [0.29, 0.717) is 22.6 Å². The molecule has 2 aromatic heterocycles. The summed E-state index contributed by atoms with van der Waals surface area (Å²) in [6.07, 6.45) is 4.22. The minimum Gasteiger partial charge on any atom is -0.355 e. The van der Waals surface area contributed by atoms with Gasteiger partial charge in [0.1, 0.15) is 0 Å². The van der Waals surface area contributed by atoms with Gasteiger partial charge in [0.15, 0.2) is 0 Å². The zero-order chi connectivity index (χ0) is 13.7. The summed E-state index contributed by atoms with van der Waals surface area (Å²) in [4.78, 5) is 30.1. The number of fused-ring (bicyclic) bond motifs is 1. The maximum atomic E-state index is 11.9. The number of aromatic nitrogens is 3. The molecule has 0 bridgehead atoms. The molecule has 0 radical (unpaired) electrons. The van der Waals surface area contributed by atoms with Crippen molar-refractivity contribution in [1.82, 2.24) is 19.5 Å². The molecule has 1 aliphatic carbocycles. The standard InChI is InChI=1S/C12H13N5O2S/c18-9-3-4-13-12-17(9)15-11(20-12)14-7-5-10(19)16(6-7)8-1-2-8/h3-4,7-8H,1-2,5-6H2,(H,14,15). The predicted molar refractivity (Wildman–Crippen MR) is 73.9 cm³/mol. The molecule has 2 aromatic rings. The fourth-order valence-corrected chi connectivity index (χ4v) is 3.40. The van der Waals surface area contributed by atoms with Crippen LogP contribution in [0.3, 0.4) is 0 Å². The van der Waals surface area contributed by atoms with Crippen molar-refractivity contribution in [3.05, 3.63) is 22.6 Å². The fraction of sp³-hybridized carbons (Fsp3) is 0.500. The molecule has 104 valence electrons. The first kappa shape index (κ1) is 11.8. The van der Waals surface area contributed by atoms with Crippen LogP contribution in [0.15, 0.2) is 17.1 Å². The van der Waals surface area contributed by atoms with Crippen LogP contribution in [0.25, 0.3) is 4.96 Å². The highest BCUT2D eigenvalue weighted by Gasteiger charge is 2.39. The van der Waals surface area contributed by atoms with Crippen LogP contribution in [-0.4, -0.2) is 44.0 Å². The van der Waals surface area contributed by atoms with E-state index < -0.39 is 0 Å². The van der Waals surface area contributed by atoms with Crippen LogP contribution in [0.2, 0.25) is 0 Å². The molecule has 3 heterocycles. The average molecular weight is 291 g/mol. The van der Waals surface area contributed by atoms with E-state index in [9.17, 15) is 9.59 Å². The quantitative estimate of drug-likeness (QED) is 0.881. The summed E-state index contributed by atoms with van der Waals surface area (Å²) in [5, 5.41) is 8.09. The molecular weight excluding hydrogens is 278 g/mol. The summed E-state index contributed by atoms with van der Waals surface area (Å²) < 4.78 is 1.28. The number of nitrogens with zero attached hydrogens (tertiary/aromatic N) is 4. The van der Waals surface area contributed by atoms with E-state index in [-0.39, 0.29) is 17.5 Å². The Balaban J connectivity index is 1.54. The molecule has 1 unspecified atom stereocenters. The molecule has 20 heavy (non-hydrogen) atoms. The molecule has 7 nitrogen and oxygen atoms in total. The molecule has 1 N–H and O–H groups in total. The molecule has 1 saturated carbocycles. The lowest BCUT2D eigenvalue weighted by Crippen LogP contribution is -2.29. The number of nitrogens with one attached hydrogen (secondary N) is 1. The van der Waals surface area contributed by atoms with Gasteiger partial charge in [-0.2, -0.15) is 4.52 Å². The molecule has 2 fully saturated rings. The molecule has 2 aliphatic rings. The number of carbonyl (C=O) groups excluding carboxylic acids is 1. The van der Waals surface area contributed by atoms with Gasteiger partial charge in [0.25, 0.3) is 5.56 Å². The van der Waals surface area contributed by atoms with E-state index in [1.54, 1.807) is 0 Å². The third-order valence-corrected chi connectivity index (χ3v) is 4.50. The number of likely N-dealkylation sites (tertiary alicyclic amines) is 1. The molecule has 0 aromatic carbocycles. The van der Waals surface area contributed by atoms with E-state index in [1.165, 1.54) is 28.1 Å². The van der Waals surface area contributed by atoms with E-state index in [0.717, 1.165) is 19.4 Å². The van der Waals surface area contributed by atoms with Gasteiger partial charge in [-0.25, -0.2) is 4.98 Å². The van der Waals surface area contributed by atoms with E-state index in [2.05, 4.69) is 15.4 Å². The van der Waals surface area contributed by atoms with Crippen LogP contribution < -0.4 is 10.9 Å². The monoisotopic (exact) mass is 291 g/mol. The Labute approximate surface area is 118 Å². The fourth-order valence-electron chi connectivity index (χ4n) is 2.54. The first-order valence-corrected chi connectivity index (χ1v) is 7.43. The van der Waals surface area contributed by atoms with Crippen molar-refractivity contribution in [2.24, 2.45) is 0 Å². The Hall–Kier alpha value is -1.96. The summed E-state index contributed by atoms with van der Waals surface area (Å²) in [6, 6.07) is 1.90. The lowest BCUT2D eigenvalue weighted by molar-refractivity contribution is -0.128. The second kappa shape index (κ2) is 4.27. The molecule has 4 rings (SSSR count). The van der Waals surface area contributed by atoms with Crippen molar-refractivity contribution in [3.63, 3.8) is 0 Å². The Morgan fingerprint density at radius 2 is 2.20 bits per heavy atom. The van der Waals surface area contributed by atoms with Gasteiger partial charge in [-0.1, -0.05) is 11.3 Å². The van der Waals surface area contributed by atoms with Gasteiger partial charge in [-0.3, -0.25) is 9.59 Å². The van der Waals surface area contributed by atoms with Crippen molar-refractivity contribution in [2.45, 2.75) is 31.3 Å². The van der Waals surface area contributed by atoms with Crippen LogP contribution in [-0.2, 0) is 4.79 Å². The highest BCUT2D eigenvalue weighted by molar-refractivity contribution is 7.20. The van der Waals surface area contributed by atoms with Crippen molar-refractivity contribution in [3.8, 4) is 0 Å². The van der Waals surface area contributed by atoms with Crippen molar-refractivity contribution in [1.29, 1.82) is 0 Å². The summed E-state index contributed by atoms with van der Waals surface area (Å²) in [5.41, 5.74) is -0.193. The number of amides is 1.